The fraction of sp³-hybridized carbons (Fsp3) is 0. The molecule has 0 saturated carbocycles. The summed E-state index contributed by atoms with van der Waals surface area (Å²) in [6.07, 6.45) is 0. The molecule has 4 nitrogen and oxygen atoms in total. The van der Waals surface area contributed by atoms with Crippen molar-refractivity contribution in [2.24, 2.45) is 0 Å². The number of amides is 1. The molecule has 0 unspecified atom stereocenters. The van der Waals surface area contributed by atoms with E-state index in [4.69, 9.17) is 0 Å². The number of H-pyrrole nitrogens is 1. The summed E-state index contributed by atoms with van der Waals surface area (Å²) in [6, 6.07) is 14.7. The van der Waals surface area contributed by atoms with Crippen molar-refractivity contribution < 1.29 is 9.18 Å². The Morgan fingerprint density at radius 3 is 2.45 bits per heavy atom. The molecular weight excluding hydrogens is 349 g/mol. The number of nitrogens with zero attached hydrogens (tertiary/aromatic N) is 1. The highest BCUT2D eigenvalue weighted by Gasteiger charge is 2.09. The summed E-state index contributed by atoms with van der Waals surface area (Å²) in [5, 5.41) is 9.56. The maximum absolute atomic E-state index is 12.9. The molecule has 0 fully saturated rings. The minimum Gasteiger partial charge on any atom is -0.305 e. The molecule has 0 saturated heterocycles. The third-order valence-electron chi connectivity index (χ3n) is 3.08. The van der Waals surface area contributed by atoms with Gasteiger partial charge in [0, 0.05) is 16.1 Å². The van der Waals surface area contributed by atoms with Crippen molar-refractivity contribution in [2.45, 2.75) is 0 Å². The van der Waals surface area contributed by atoms with Crippen molar-refractivity contribution in [3.63, 3.8) is 0 Å². The molecule has 0 spiro atoms. The van der Waals surface area contributed by atoms with Gasteiger partial charge >= 0.3 is 0 Å². The van der Waals surface area contributed by atoms with Crippen LogP contribution in [0.3, 0.4) is 0 Å². The highest BCUT2D eigenvalue weighted by molar-refractivity contribution is 9.10. The van der Waals surface area contributed by atoms with Gasteiger partial charge in [-0.15, -0.1) is 0 Å². The summed E-state index contributed by atoms with van der Waals surface area (Å²) in [4.78, 5) is 12.1. The minimum absolute atomic E-state index is 0.246. The van der Waals surface area contributed by atoms with E-state index in [0.717, 1.165) is 10.0 Å². The third-order valence-corrected chi connectivity index (χ3v) is 3.61. The Morgan fingerprint density at radius 1 is 1.09 bits per heavy atom. The number of benzene rings is 2. The standard InChI is InChI=1S/C16H11BrFN3O/c17-12-5-1-11(2-6-12)16(22)19-15-9-14(20-21-15)10-3-7-13(18)8-4-10/h1-9H,(H2,19,20,21,22). The molecule has 2 N–H and O–H groups in total. The van der Waals surface area contributed by atoms with E-state index in [1.807, 2.05) is 0 Å². The molecule has 3 rings (SSSR count). The Morgan fingerprint density at radius 2 is 1.77 bits per heavy atom. The maximum Gasteiger partial charge on any atom is 0.256 e. The van der Waals surface area contributed by atoms with Crippen molar-refractivity contribution >= 4 is 27.7 Å². The predicted octanol–water partition coefficient (Wildman–Crippen LogP) is 4.23. The first-order chi connectivity index (χ1) is 10.6. The molecule has 0 aliphatic heterocycles. The number of nitrogens with one attached hydrogen (secondary N) is 2. The van der Waals surface area contributed by atoms with E-state index in [0.29, 0.717) is 17.1 Å². The summed E-state index contributed by atoms with van der Waals surface area (Å²) < 4.78 is 13.8. The Labute approximate surface area is 134 Å². The van der Waals surface area contributed by atoms with Crippen LogP contribution in [-0.2, 0) is 0 Å². The number of halogens is 2. The van der Waals surface area contributed by atoms with Crippen LogP contribution in [0.25, 0.3) is 11.3 Å². The average Bonchev–Trinajstić information content (AvgIpc) is 2.97. The van der Waals surface area contributed by atoms with Crippen molar-refractivity contribution in [2.75, 3.05) is 5.32 Å². The molecule has 110 valence electrons. The van der Waals surface area contributed by atoms with E-state index in [1.54, 1.807) is 42.5 Å². The predicted molar refractivity (Wildman–Crippen MR) is 86.1 cm³/mol. The molecule has 22 heavy (non-hydrogen) atoms. The third kappa shape index (κ3) is 3.23. The van der Waals surface area contributed by atoms with Crippen LogP contribution in [0, 0.1) is 5.82 Å². The Kier molecular flexibility index (Phi) is 4.02. The second-order valence-electron chi connectivity index (χ2n) is 4.63. The van der Waals surface area contributed by atoms with Gasteiger partial charge in [-0.25, -0.2) is 4.39 Å². The number of rotatable bonds is 3. The summed E-state index contributed by atoms with van der Waals surface area (Å²) in [7, 11) is 0. The van der Waals surface area contributed by atoms with Crippen LogP contribution in [0.1, 0.15) is 10.4 Å². The van der Waals surface area contributed by atoms with E-state index >= 15 is 0 Å². The molecule has 6 heteroatoms. The van der Waals surface area contributed by atoms with Crippen LogP contribution in [0.15, 0.2) is 59.1 Å². The number of aromatic amines is 1. The second-order valence-corrected chi connectivity index (χ2v) is 5.55. The lowest BCUT2D eigenvalue weighted by atomic mass is 10.1. The minimum atomic E-state index is -0.299. The van der Waals surface area contributed by atoms with Gasteiger partial charge in [0.1, 0.15) is 5.82 Å². The maximum atomic E-state index is 12.9. The van der Waals surface area contributed by atoms with Gasteiger partial charge < -0.3 is 5.32 Å². The SMILES string of the molecule is O=C(Nc1cc(-c2ccc(F)cc2)[nH]n1)c1ccc(Br)cc1. The first-order valence-corrected chi connectivity index (χ1v) is 7.29. The summed E-state index contributed by atoms with van der Waals surface area (Å²) >= 11 is 3.32. The van der Waals surface area contributed by atoms with Gasteiger partial charge in [0.15, 0.2) is 5.82 Å². The molecule has 2 aromatic carbocycles. The molecule has 0 aliphatic carbocycles. The van der Waals surface area contributed by atoms with Gasteiger partial charge in [-0.2, -0.15) is 5.10 Å². The molecular formula is C16H11BrFN3O. The van der Waals surface area contributed by atoms with Gasteiger partial charge in [-0.1, -0.05) is 15.9 Å². The normalized spacial score (nSPS) is 10.5. The summed E-state index contributed by atoms with van der Waals surface area (Å²) in [6.45, 7) is 0. The lowest BCUT2D eigenvalue weighted by molar-refractivity contribution is 0.102. The molecule has 1 aromatic heterocycles. The zero-order valence-electron chi connectivity index (χ0n) is 11.3. The topological polar surface area (TPSA) is 57.8 Å². The fourth-order valence-electron chi connectivity index (χ4n) is 1.95. The van der Waals surface area contributed by atoms with Crippen LogP contribution in [0.4, 0.5) is 10.2 Å². The van der Waals surface area contributed by atoms with Crippen LogP contribution in [-0.4, -0.2) is 16.1 Å². The van der Waals surface area contributed by atoms with E-state index in [9.17, 15) is 9.18 Å². The first-order valence-electron chi connectivity index (χ1n) is 6.50. The number of aromatic nitrogens is 2. The number of hydrogen-bond donors (Lipinski definition) is 2. The van der Waals surface area contributed by atoms with Gasteiger partial charge in [-0.05, 0) is 54.1 Å². The Hall–Kier alpha value is -2.47. The van der Waals surface area contributed by atoms with Gasteiger partial charge in [-0.3, -0.25) is 9.89 Å². The molecule has 1 amide bonds. The Bertz CT molecular complexity index is 797. The van der Waals surface area contributed by atoms with Crippen molar-refractivity contribution in [3.05, 3.63) is 70.5 Å². The smallest absolute Gasteiger partial charge is 0.256 e. The van der Waals surface area contributed by atoms with Crippen molar-refractivity contribution in [1.29, 1.82) is 0 Å². The highest BCUT2D eigenvalue weighted by Crippen LogP contribution is 2.20. The quantitative estimate of drug-likeness (QED) is 0.734. The molecule has 0 bridgehead atoms. The van der Waals surface area contributed by atoms with E-state index in [1.165, 1.54) is 12.1 Å². The molecule has 3 aromatic rings. The van der Waals surface area contributed by atoms with Crippen molar-refractivity contribution in [3.8, 4) is 11.3 Å². The van der Waals surface area contributed by atoms with Crippen LogP contribution in [0.5, 0.6) is 0 Å². The van der Waals surface area contributed by atoms with Gasteiger partial charge in [0.05, 0.1) is 5.69 Å². The number of anilines is 1. The van der Waals surface area contributed by atoms with Crippen molar-refractivity contribution in [1.82, 2.24) is 10.2 Å². The monoisotopic (exact) mass is 359 g/mol. The van der Waals surface area contributed by atoms with E-state index in [-0.39, 0.29) is 11.7 Å². The summed E-state index contributed by atoms with van der Waals surface area (Å²) in [5.41, 5.74) is 2.03. The number of hydrogen-bond acceptors (Lipinski definition) is 2. The largest absolute Gasteiger partial charge is 0.305 e. The fourth-order valence-corrected chi connectivity index (χ4v) is 2.22. The van der Waals surface area contributed by atoms with Crippen LogP contribution >= 0.6 is 15.9 Å². The first kappa shape index (κ1) is 14.5. The molecule has 0 radical (unpaired) electrons. The number of carbonyl (C=O) groups excluding carboxylic acids is 1. The molecule has 1 heterocycles. The van der Waals surface area contributed by atoms with E-state index in [2.05, 4.69) is 31.4 Å². The number of carbonyl (C=O) groups is 1. The lowest BCUT2D eigenvalue weighted by Crippen LogP contribution is -2.11. The zero-order valence-corrected chi connectivity index (χ0v) is 12.9. The lowest BCUT2D eigenvalue weighted by Gasteiger charge is -2.01. The van der Waals surface area contributed by atoms with Gasteiger partial charge in [0.2, 0.25) is 0 Å². The van der Waals surface area contributed by atoms with Crippen LogP contribution < -0.4 is 5.32 Å². The highest BCUT2D eigenvalue weighted by atomic mass is 79.9. The zero-order chi connectivity index (χ0) is 15.5. The second kappa shape index (κ2) is 6.11. The molecule has 0 aliphatic rings. The van der Waals surface area contributed by atoms with Gasteiger partial charge in [0.25, 0.3) is 5.91 Å². The van der Waals surface area contributed by atoms with Crippen LogP contribution in [0.2, 0.25) is 0 Å². The average molecular weight is 360 g/mol. The van der Waals surface area contributed by atoms with E-state index < -0.39 is 0 Å². The Balaban J connectivity index is 1.75. The molecule has 0 atom stereocenters. The summed E-state index contributed by atoms with van der Waals surface area (Å²) in [5.74, 6) is -0.135.